The van der Waals surface area contributed by atoms with Crippen molar-refractivity contribution in [1.29, 1.82) is 0 Å². The third kappa shape index (κ3) is 11.3. The summed E-state index contributed by atoms with van der Waals surface area (Å²) < 4.78 is 0. The fourth-order valence-electron chi connectivity index (χ4n) is 0.477. The van der Waals surface area contributed by atoms with Gasteiger partial charge in [-0.3, -0.25) is 0 Å². The van der Waals surface area contributed by atoms with Crippen molar-refractivity contribution in [3.8, 4) is 0 Å². The molecule has 54 valence electrons. The first-order valence-electron chi connectivity index (χ1n) is 3.12. The third-order valence-electron chi connectivity index (χ3n) is 1.08. The van der Waals surface area contributed by atoms with E-state index in [9.17, 15) is 9.90 Å². The van der Waals surface area contributed by atoms with E-state index in [1.807, 2.05) is 20.8 Å². The number of carbonyl (C=O) groups excluding carboxylic acids is 1. The molecule has 0 amide bonds. The van der Waals surface area contributed by atoms with Crippen molar-refractivity contribution >= 4 is 5.97 Å². The molecule has 0 saturated carbocycles. The molecule has 0 fully saturated rings. The summed E-state index contributed by atoms with van der Waals surface area (Å²) in [5, 5.41) is 9.93. The van der Waals surface area contributed by atoms with Crippen LogP contribution < -0.4 is 34.7 Å². The molecule has 0 aromatic carbocycles. The Morgan fingerprint density at radius 1 is 1.40 bits per heavy atom. The van der Waals surface area contributed by atoms with Crippen LogP contribution in [0.25, 0.3) is 0 Å². The molecule has 0 N–H and O–H groups in total. The summed E-state index contributed by atoms with van der Waals surface area (Å²) in [6.07, 6.45) is 0.860. The van der Waals surface area contributed by atoms with Crippen LogP contribution in [0, 0.1) is 5.41 Å². The van der Waals surface area contributed by atoms with E-state index in [1.54, 1.807) is 0 Å². The first kappa shape index (κ1) is 13.1. The molecule has 0 aliphatic carbocycles. The molecule has 0 rings (SSSR count). The van der Waals surface area contributed by atoms with E-state index < -0.39 is 5.97 Å². The molecular formula is C7H13NaO2. The SMILES string of the molecule is CC(C)(C)CCC(=O)[O-].[Na+]. The first-order chi connectivity index (χ1) is 3.92. The predicted molar refractivity (Wildman–Crippen MR) is 33.7 cm³/mol. The molecule has 0 aliphatic rings. The van der Waals surface area contributed by atoms with E-state index in [2.05, 4.69) is 0 Å². The number of hydrogen-bond donors (Lipinski definition) is 0. The Labute approximate surface area is 84.3 Å². The Bertz CT molecular complexity index is 105. The second-order valence-electron chi connectivity index (χ2n) is 3.43. The minimum atomic E-state index is -0.954. The number of carbonyl (C=O) groups is 1. The molecular weight excluding hydrogens is 139 g/mol. The number of carboxylic acid groups (broad SMARTS) is 1. The molecule has 0 radical (unpaired) electrons. The zero-order valence-corrected chi connectivity index (χ0v) is 9.23. The van der Waals surface area contributed by atoms with Gasteiger partial charge in [0.05, 0.1) is 0 Å². The van der Waals surface area contributed by atoms with Gasteiger partial charge in [-0.2, -0.15) is 0 Å². The van der Waals surface area contributed by atoms with E-state index in [4.69, 9.17) is 0 Å². The van der Waals surface area contributed by atoms with Crippen molar-refractivity contribution in [2.45, 2.75) is 33.6 Å². The molecule has 0 aromatic heterocycles. The fourth-order valence-corrected chi connectivity index (χ4v) is 0.477. The largest absolute Gasteiger partial charge is 1.00 e. The summed E-state index contributed by atoms with van der Waals surface area (Å²) in [5.74, 6) is -0.954. The molecule has 0 spiro atoms. The van der Waals surface area contributed by atoms with Gasteiger partial charge in [0.25, 0.3) is 0 Å². The zero-order chi connectivity index (χ0) is 7.49. The van der Waals surface area contributed by atoms with Crippen LogP contribution in [0.4, 0.5) is 0 Å². The molecule has 0 saturated heterocycles. The first-order valence-corrected chi connectivity index (χ1v) is 3.12. The van der Waals surface area contributed by atoms with Gasteiger partial charge in [-0.15, -0.1) is 0 Å². The van der Waals surface area contributed by atoms with Crippen LogP contribution in [0.15, 0.2) is 0 Å². The number of aliphatic carboxylic acids is 1. The van der Waals surface area contributed by atoms with Gasteiger partial charge >= 0.3 is 29.6 Å². The van der Waals surface area contributed by atoms with Crippen LogP contribution in [0.2, 0.25) is 0 Å². The molecule has 0 unspecified atom stereocenters. The second-order valence-corrected chi connectivity index (χ2v) is 3.43. The number of rotatable bonds is 2. The van der Waals surface area contributed by atoms with Gasteiger partial charge in [0.1, 0.15) is 0 Å². The van der Waals surface area contributed by atoms with Crippen molar-refractivity contribution in [3.63, 3.8) is 0 Å². The van der Waals surface area contributed by atoms with Crippen LogP contribution in [-0.2, 0) is 4.79 Å². The predicted octanol–water partition coefficient (Wildman–Crippen LogP) is -2.43. The van der Waals surface area contributed by atoms with Gasteiger partial charge < -0.3 is 9.90 Å². The van der Waals surface area contributed by atoms with Crippen LogP contribution in [0.1, 0.15) is 33.6 Å². The van der Waals surface area contributed by atoms with Gasteiger partial charge in [0.2, 0.25) is 0 Å². The molecule has 0 aliphatic heterocycles. The van der Waals surface area contributed by atoms with E-state index in [-0.39, 0.29) is 41.4 Å². The third-order valence-corrected chi connectivity index (χ3v) is 1.08. The average molecular weight is 152 g/mol. The summed E-state index contributed by atoms with van der Waals surface area (Å²) in [7, 11) is 0. The quantitative estimate of drug-likeness (QED) is 0.413. The van der Waals surface area contributed by atoms with Gasteiger partial charge in [0, 0.05) is 5.97 Å². The maximum absolute atomic E-state index is 9.93. The van der Waals surface area contributed by atoms with Gasteiger partial charge in [-0.05, 0) is 18.3 Å². The van der Waals surface area contributed by atoms with Crippen LogP contribution in [0.5, 0.6) is 0 Å². The Hall–Kier alpha value is 0.470. The summed E-state index contributed by atoms with van der Waals surface area (Å²) in [6.45, 7) is 6.03. The van der Waals surface area contributed by atoms with Gasteiger partial charge in [-0.25, -0.2) is 0 Å². The Kier molecular flexibility index (Phi) is 6.76. The smallest absolute Gasteiger partial charge is 0.550 e. The Morgan fingerprint density at radius 2 is 1.80 bits per heavy atom. The number of hydrogen-bond acceptors (Lipinski definition) is 2. The van der Waals surface area contributed by atoms with E-state index in [0.717, 1.165) is 0 Å². The molecule has 0 heterocycles. The van der Waals surface area contributed by atoms with Crippen molar-refractivity contribution in [1.82, 2.24) is 0 Å². The van der Waals surface area contributed by atoms with E-state index in [1.165, 1.54) is 0 Å². The fraction of sp³-hybridized carbons (Fsp3) is 0.857. The minimum Gasteiger partial charge on any atom is -0.550 e. The van der Waals surface area contributed by atoms with Gasteiger partial charge in [0.15, 0.2) is 0 Å². The Balaban J connectivity index is 0. The van der Waals surface area contributed by atoms with Crippen molar-refractivity contribution < 1.29 is 39.5 Å². The maximum atomic E-state index is 9.93. The van der Waals surface area contributed by atoms with Crippen molar-refractivity contribution in [3.05, 3.63) is 0 Å². The van der Waals surface area contributed by atoms with E-state index >= 15 is 0 Å². The van der Waals surface area contributed by atoms with Crippen molar-refractivity contribution in [2.75, 3.05) is 0 Å². The monoisotopic (exact) mass is 152 g/mol. The normalized spacial score (nSPS) is 10.3. The summed E-state index contributed by atoms with van der Waals surface area (Å²) in [5.41, 5.74) is 0.111. The molecule has 0 aromatic rings. The van der Waals surface area contributed by atoms with Crippen LogP contribution in [0.3, 0.4) is 0 Å². The van der Waals surface area contributed by atoms with Gasteiger partial charge in [-0.1, -0.05) is 20.8 Å². The Morgan fingerprint density at radius 3 is 1.90 bits per heavy atom. The standard InChI is InChI=1S/C7H14O2.Na/c1-7(2,3)5-4-6(8)9;/h4-5H2,1-3H3,(H,8,9);/q;+1/p-1. The molecule has 2 nitrogen and oxygen atoms in total. The minimum absolute atomic E-state index is 0. The van der Waals surface area contributed by atoms with Crippen molar-refractivity contribution in [2.24, 2.45) is 5.41 Å². The van der Waals surface area contributed by atoms with Crippen LogP contribution in [-0.4, -0.2) is 5.97 Å². The maximum Gasteiger partial charge on any atom is 1.00 e. The average Bonchev–Trinajstić information content (AvgIpc) is 1.59. The zero-order valence-electron chi connectivity index (χ0n) is 7.23. The summed E-state index contributed by atoms with van der Waals surface area (Å²) >= 11 is 0. The molecule has 0 atom stereocenters. The topological polar surface area (TPSA) is 40.1 Å². The second kappa shape index (κ2) is 5.16. The van der Waals surface area contributed by atoms with Crippen LogP contribution >= 0.6 is 0 Å². The molecule has 0 bridgehead atoms. The molecule has 10 heavy (non-hydrogen) atoms. The summed E-state index contributed by atoms with van der Waals surface area (Å²) in [4.78, 5) is 9.93. The van der Waals surface area contributed by atoms with E-state index in [0.29, 0.717) is 6.42 Å². The molecule has 3 heteroatoms. The number of carboxylic acids is 1. The summed E-state index contributed by atoms with van der Waals surface area (Å²) in [6, 6.07) is 0.